The van der Waals surface area contributed by atoms with E-state index < -0.39 is 0 Å². The van der Waals surface area contributed by atoms with Gasteiger partial charge < -0.3 is 5.73 Å². The Morgan fingerprint density at radius 2 is 2.13 bits per heavy atom. The van der Waals surface area contributed by atoms with E-state index in [0.29, 0.717) is 12.1 Å². The Morgan fingerprint density at radius 3 is 2.53 bits per heavy atom. The third-order valence-electron chi connectivity index (χ3n) is 2.66. The number of carbonyl (C=O) groups is 2. The first-order valence-corrected chi connectivity index (χ1v) is 5.37. The van der Waals surface area contributed by atoms with Crippen LogP contribution in [0, 0.1) is 0 Å². The molecular weight excluding hydrogens is 192 g/mol. The number of carbonyl (C=O) groups excluding carboxylic acids is 2. The van der Waals surface area contributed by atoms with Gasteiger partial charge in [0.05, 0.1) is 6.04 Å². The van der Waals surface area contributed by atoms with Crippen LogP contribution in [-0.2, 0) is 9.59 Å². The van der Waals surface area contributed by atoms with Crippen LogP contribution in [0.5, 0.6) is 0 Å². The van der Waals surface area contributed by atoms with E-state index in [9.17, 15) is 9.59 Å². The molecule has 0 saturated carbocycles. The Kier molecular flexibility index (Phi) is 4.03. The molecule has 0 bridgehead atoms. The first-order chi connectivity index (χ1) is 7.11. The highest BCUT2D eigenvalue weighted by molar-refractivity contribution is 6.16. The molecule has 1 heterocycles. The Hall–Kier alpha value is -1.16. The van der Waals surface area contributed by atoms with E-state index in [1.54, 1.807) is 6.92 Å². The highest BCUT2D eigenvalue weighted by Gasteiger charge is 2.33. The van der Waals surface area contributed by atoms with Gasteiger partial charge in [-0.3, -0.25) is 14.5 Å². The fraction of sp³-hybridized carbons (Fsp3) is 0.636. The molecule has 84 valence electrons. The zero-order valence-corrected chi connectivity index (χ0v) is 9.32. The van der Waals surface area contributed by atoms with Gasteiger partial charge in [0.25, 0.3) is 11.8 Å². The molecule has 0 spiro atoms. The summed E-state index contributed by atoms with van der Waals surface area (Å²) >= 11 is 0. The molecule has 0 fully saturated rings. The lowest BCUT2D eigenvalue weighted by molar-refractivity contribution is -0.139. The highest BCUT2D eigenvalue weighted by atomic mass is 16.2. The topological polar surface area (TPSA) is 63.4 Å². The first-order valence-electron chi connectivity index (χ1n) is 5.37. The van der Waals surface area contributed by atoms with Gasteiger partial charge in [0.2, 0.25) is 0 Å². The first kappa shape index (κ1) is 11.9. The zero-order valence-electron chi connectivity index (χ0n) is 9.32. The third kappa shape index (κ3) is 2.45. The molecule has 0 aromatic carbocycles. The maximum absolute atomic E-state index is 11.7. The van der Waals surface area contributed by atoms with E-state index in [4.69, 9.17) is 5.73 Å². The van der Waals surface area contributed by atoms with Crippen LogP contribution in [0.25, 0.3) is 0 Å². The molecule has 0 aromatic heterocycles. The molecule has 1 unspecified atom stereocenters. The van der Waals surface area contributed by atoms with Gasteiger partial charge in [-0.2, -0.15) is 0 Å². The zero-order chi connectivity index (χ0) is 11.4. The van der Waals surface area contributed by atoms with Crippen LogP contribution >= 0.6 is 0 Å². The molecule has 4 nitrogen and oxygen atoms in total. The summed E-state index contributed by atoms with van der Waals surface area (Å²) < 4.78 is 0. The Labute approximate surface area is 90.1 Å². The number of hydrogen-bond donors (Lipinski definition) is 1. The van der Waals surface area contributed by atoms with Crippen LogP contribution in [0.3, 0.4) is 0 Å². The predicted molar refractivity (Wildman–Crippen MR) is 58.0 cm³/mol. The average molecular weight is 210 g/mol. The summed E-state index contributed by atoms with van der Waals surface area (Å²) in [4.78, 5) is 24.5. The molecule has 1 aliphatic heterocycles. The normalized spacial score (nSPS) is 18.3. The van der Waals surface area contributed by atoms with E-state index in [1.165, 1.54) is 11.0 Å². The highest BCUT2D eigenvalue weighted by Crippen LogP contribution is 2.18. The SMILES string of the molecule is CCCCC(CN)N1C(=O)C=C(C)C1=O. The van der Waals surface area contributed by atoms with Gasteiger partial charge in [0.15, 0.2) is 0 Å². The average Bonchev–Trinajstić information content (AvgIpc) is 2.45. The summed E-state index contributed by atoms with van der Waals surface area (Å²) in [5.41, 5.74) is 6.10. The summed E-state index contributed by atoms with van der Waals surface area (Å²) in [5, 5.41) is 0. The molecule has 0 saturated heterocycles. The molecule has 2 N–H and O–H groups in total. The van der Waals surface area contributed by atoms with Crippen molar-refractivity contribution in [3.8, 4) is 0 Å². The van der Waals surface area contributed by atoms with Crippen LogP contribution < -0.4 is 5.73 Å². The standard InChI is InChI=1S/C11H18N2O2/c1-3-4-5-9(7-12)13-10(14)6-8(2)11(13)15/h6,9H,3-5,7,12H2,1-2H3. The lowest BCUT2D eigenvalue weighted by Gasteiger charge is -2.25. The van der Waals surface area contributed by atoms with E-state index >= 15 is 0 Å². The summed E-state index contributed by atoms with van der Waals surface area (Å²) in [5.74, 6) is -0.407. The fourth-order valence-corrected chi connectivity index (χ4v) is 1.74. The van der Waals surface area contributed by atoms with Crippen LogP contribution in [0.1, 0.15) is 33.1 Å². The Balaban J connectivity index is 2.70. The van der Waals surface area contributed by atoms with Gasteiger partial charge in [-0.15, -0.1) is 0 Å². The lowest BCUT2D eigenvalue weighted by Crippen LogP contribution is -2.44. The van der Waals surface area contributed by atoms with Crippen molar-refractivity contribution in [2.24, 2.45) is 5.73 Å². The fourth-order valence-electron chi connectivity index (χ4n) is 1.74. The van der Waals surface area contributed by atoms with Crippen molar-refractivity contribution in [1.29, 1.82) is 0 Å². The second-order valence-corrected chi connectivity index (χ2v) is 3.87. The minimum atomic E-state index is -0.218. The van der Waals surface area contributed by atoms with Gasteiger partial charge >= 0.3 is 0 Å². The maximum atomic E-state index is 11.7. The van der Waals surface area contributed by atoms with Gasteiger partial charge in [-0.1, -0.05) is 19.8 Å². The molecule has 0 radical (unpaired) electrons. The van der Waals surface area contributed by atoms with Crippen molar-refractivity contribution < 1.29 is 9.59 Å². The van der Waals surface area contributed by atoms with Gasteiger partial charge in [-0.05, 0) is 13.3 Å². The molecule has 0 aromatic rings. The lowest BCUT2D eigenvalue weighted by atomic mass is 10.1. The monoisotopic (exact) mass is 210 g/mol. The van der Waals surface area contributed by atoms with Gasteiger partial charge in [0.1, 0.15) is 0 Å². The van der Waals surface area contributed by atoms with Crippen molar-refractivity contribution in [3.63, 3.8) is 0 Å². The van der Waals surface area contributed by atoms with E-state index in [2.05, 4.69) is 6.92 Å². The number of nitrogens with two attached hydrogens (primary N) is 1. The Morgan fingerprint density at radius 1 is 1.47 bits per heavy atom. The number of nitrogens with zero attached hydrogens (tertiary/aromatic N) is 1. The molecule has 0 aliphatic carbocycles. The molecule has 1 atom stereocenters. The van der Waals surface area contributed by atoms with Gasteiger partial charge in [-0.25, -0.2) is 0 Å². The maximum Gasteiger partial charge on any atom is 0.256 e. The quantitative estimate of drug-likeness (QED) is 0.683. The van der Waals surface area contributed by atoms with Gasteiger partial charge in [0, 0.05) is 18.2 Å². The molecule has 2 amide bonds. The summed E-state index contributed by atoms with van der Waals surface area (Å²) in [6.45, 7) is 4.08. The van der Waals surface area contributed by atoms with Crippen molar-refractivity contribution in [1.82, 2.24) is 4.90 Å². The molecule has 1 aliphatic rings. The number of imide groups is 1. The number of amides is 2. The van der Waals surface area contributed by atoms with Crippen molar-refractivity contribution in [2.75, 3.05) is 6.54 Å². The van der Waals surface area contributed by atoms with E-state index in [0.717, 1.165) is 19.3 Å². The van der Waals surface area contributed by atoms with Crippen LogP contribution in [0.15, 0.2) is 11.6 Å². The number of hydrogen-bond acceptors (Lipinski definition) is 3. The van der Waals surface area contributed by atoms with Crippen LogP contribution in [0.2, 0.25) is 0 Å². The van der Waals surface area contributed by atoms with Crippen molar-refractivity contribution in [2.45, 2.75) is 39.2 Å². The van der Waals surface area contributed by atoms with Crippen LogP contribution in [0.4, 0.5) is 0 Å². The largest absolute Gasteiger partial charge is 0.328 e. The second-order valence-electron chi connectivity index (χ2n) is 3.87. The van der Waals surface area contributed by atoms with Crippen molar-refractivity contribution >= 4 is 11.8 Å². The van der Waals surface area contributed by atoms with Crippen molar-refractivity contribution in [3.05, 3.63) is 11.6 Å². The molecular formula is C11H18N2O2. The molecule has 1 rings (SSSR count). The predicted octanol–water partition coefficient (Wildman–Crippen LogP) is 0.819. The number of rotatable bonds is 5. The molecule has 4 heteroatoms. The summed E-state index contributed by atoms with van der Waals surface area (Å²) in [6, 6.07) is -0.140. The smallest absolute Gasteiger partial charge is 0.256 e. The van der Waals surface area contributed by atoms with Crippen LogP contribution in [-0.4, -0.2) is 29.3 Å². The second kappa shape index (κ2) is 5.07. The summed E-state index contributed by atoms with van der Waals surface area (Å²) in [6.07, 6.45) is 4.21. The summed E-state index contributed by atoms with van der Waals surface area (Å²) in [7, 11) is 0. The minimum absolute atomic E-state index is 0.140. The number of unbranched alkanes of at least 4 members (excludes halogenated alkanes) is 1. The molecule has 15 heavy (non-hydrogen) atoms. The van der Waals surface area contributed by atoms with E-state index in [1.807, 2.05) is 0 Å². The minimum Gasteiger partial charge on any atom is -0.328 e. The Bertz CT molecular complexity index is 297. The van der Waals surface area contributed by atoms with E-state index in [-0.39, 0.29) is 17.9 Å². The third-order valence-corrected chi connectivity index (χ3v) is 2.66.